The molecule has 0 spiro atoms. The van der Waals surface area contributed by atoms with Crippen LogP contribution in [0.2, 0.25) is 0 Å². The lowest BCUT2D eigenvalue weighted by Crippen LogP contribution is -2.10. The van der Waals surface area contributed by atoms with Gasteiger partial charge < -0.3 is 4.57 Å². The van der Waals surface area contributed by atoms with E-state index in [1.54, 1.807) is 11.3 Å². The van der Waals surface area contributed by atoms with Gasteiger partial charge in [-0.2, -0.15) is 0 Å². The lowest BCUT2D eigenvalue weighted by atomic mass is 10.2. The van der Waals surface area contributed by atoms with E-state index in [9.17, 15) is 8.78 Å². The molecule has 2 aromatic heterocycles. The van der Waals surface area contributed by atoms with Crippen LogP contribution in [0, 0.1) is 11.6 Å². The van der Waals surface area contributed by atoms with Gasteiger partial charge >= 0.3 is 0 Å². The maximum absolute atomic E-state index is 13.9. The molecule has 2 nitrogen and oxygen atoms in total. The average Bonchev–Trinajstić information content (AvgIpc) is 3.05. The zero-order valence-electron chi connectivity index (χ0n) is 11.3. The summed E-state index contributed by atoms with van der Waals surface area (Å²) in [7, 11) is 0. The van der Waals surface area contributed by atoms with Crippen molar-refractivity contribution in [3.63, 3.8) is 0 Å². The van der Waals surface area contributed by atoms with Gasteiger partial charge in [-0.1, -0.05) is 6.07 Å². The molecule has 0 aliphatic heterocycles. The fourth-order valence-electron chi connectivity index (χ4n) is 2.57. The minimum Gasteiger partial charge on any atom is -0.324 e. The number of imidazole rings is 1. The first-order valence-corrected chi connectivity index (χ1v) is 7.95. The van der Waals surface area contributed by atoms with E-state index >= 15 is 0 Å². The maximum atomic E-state index is 13.9. The van der Waals surface area contributed by atoms with Crippen molar-refractivity contribution in [2.24, 2.45) is 0 Å². The number of hydrogen-bond donors (Lipinski definition) is 0. The van der Waals surface area contributed by atoms with Crippen molar-refractivity contribution in [2.75, 3.05) is 0 Å². The fourth-order valence-corrected chi connectivity index (χ4v) is 3.58. The van der Waals surface area contributed by atoms with E-state index in [4.69, 9.17) is 11.6 Å². The van der Waals surface area contributed by atoms with Crippen LogP contribution < -0.4 is 0 Å². The summed E-state index contributed by atoms with van der Waals surface area (Å²) < 4.78 is 29.2. The Morgan fingerprint density at radius 1 is 1.38 bits per heavy atom. The minimum atomic E-state index is -0.654. The molecule has 1 unspecified atom stereocenters. The van der Waals surface area contributed by atoms with E-state index in [2.05, 4.69) is 4.98 Å². The highest BCUT2D eigenvalue weighted by molar-refractivity contribution is 7.09. The van der Waals surface area contributed by atoms with Gasteiger partial charge in [0.2, 0.25) is 0 Å². The Labute approximate surface area is 130 Å². The van der Waals surface area contributed by atoms with Crippen molar-refractivity contribution >= 4 is 34.0 Å². The Morgan fingerprint density at radius 3 is 2.86 bits per heavy atom. The second-order valence-corrected chi connectivity index (χ2v) is 6.22. The van der Waals surface area contributed by atoms with Crippen molar-refractivity contribution < 1.29 is 8.78 Å². The smallest absolute Gasteiger partial charge is 0.153 e. The Balaban J connectivity index is 2.11. The molecule has 0 aliphatic carbocycles. The third-order valence-electron chi connectivity index (χ3n) is 3.42. The standard InChI is InChI=1S/C15H13ClF2N2S/c1-9(5-11-3-2-4-21-11)20-13-7-10(17)6-12(18)15(13)19-14(20)8-16/h2-4,6-7,9H,5,8H2,1H3. The molecule has 0 N–H and O–H groups in total. The van der Waals surface area contributed by atoms with Gasteiger partial charge in [-0.3, -0.25) is 0 Å². The molecule has 2 heterocycles. The number of alkyl halides is 1. The number of halogens is 3. The number of fused-ring (bicyclic) bond motifs is 1. The van der Waals surface area contributed by atoms with Crippen LogP contribution in [0.1, 0.15) is 23.7 Å². The predicted octanol–water partition coefficient (Wildman–Crippen LogP) is 4.92. The van der Waals surface area contributed by atoms with Gasteiger partial charge in [0.05, 0.1) is 11.4 Å². The number of rotatable bonds is 4. The largest absolute Gasteiger partial charge is 0.324 e. The van der Waals surface area contributed by atoms with Crippen LogP contribution in [0.3, 0.4) is 0 Å². The van der Waals surface area contributed by atoms with Crippen LogP contribution in [-0.2, 0) is 12.3 Å². The number of benzene rings is 1. The molecule has 0 aliphatic rings. The van der Waals surface area contributed by atoms with E-state index in [0.717, 1.165) is 12.5 Å². The first kappa shape index (κ1) is 14.5. The predicted molar refractivity (Wildman–Crippen MR) is 81.9 cm³/mol. The summed E-state index contributed by atoms with van der Waals surface area (Å²) in [4.78, 5) is 5.42. The van der Waals surface area contributed by atoms with Crippen LogP contribution in [-0.4, -0.2) is 9.55 Å². The van der Waals surface area contributed by atoms with E-state index in [0.29, 0.717) is 11.3 Å². The summed E-state index contributed by atoms with van der Waals surface area (Å²) in [6.07, 6.45) is 0.769. The van der Waals surface area contributed by atoms with Crippen molar-refractivity contribution in [3.05, 3.63) is 52.0 Å². The Morgan fingerprint density at radius 2 is 2.19 bits per heavy atom. The van der Waals surface area contributed by atoms with Gasteiger partial charge in [0, 0.05) is 23.4 Å². The topological polar surface area (TPSA) is 17.8 Å². The molecule has 0 saturated heterocycles. The highest BCUT2D eigenvalue weighted by Crippen LogP contribution is 2.28. The monoisotopic (exact) mass is 326 g/mol. The molecule has 3 rings (SSSR count). The molecule has 1 atom stereocenters. The van der Waals surface area contributed by atoms with E-state index < -0.39 is 11.6 Å². The lowest BCUT2D eigenvalue weighted by Gasteiger charge is -2.16. The van der Waals surface area contributed by atoms with Gasteiger partial charge in [-0.15, -0.1) is 22.9 Å². The van der Waals surface area contributed by atoms with Crippen LogP contribution in [0.15, 0.2) is 29.6 Å². The SMILES string of the molecule is CC(Cc1cccs1)n1c(CCl)nc2c(F)cc(F)cc21. The first-order valence-electron chi connectivity index (χ1n) is 6.54. The second-order valence-electron chi connectivity index (χ2n) is 4.92. The van der Waals surface area contributed by atoms with Crippen LogP contribution in [0.5, 0.6) is 0 Å². The number of nitrogens with zero attached hydrogens (tertiary/aromatic N) is 2. The Hall–Kier alpha value is -1.46. The summed E-state index contributed by atoms with van der Waals surface area (Å²) >= 11 is 7.58. The minimum absolute atomic E-state index is 0.0172. The zero-order valence-corrected chi connectivity index (χ0v) is 12.9. The second kappa shape index (κ2) is 5.73. The normalized spacial score (nSPS) is 13.0. The van der Waals surface area contributed by atoms with Gasteiger partial charge in [0.25, 0.3) is 0 Å². The first-order chi connectivity index (χ1) is 10.1. The highest BCUT2D eigenvalue weighted by Gasteiger charge is 2.19. The fraction of sp³-hybridized carbons (Fsp3) is 0.267. The third-order valence-corrected chi connectivity index (χ3v) is 4.56. The van der Waals surface area contributed by atoms with Crippen molar-refractivity contribution in [3.8, 4) is 0 Å². The van der Waals surface area contributed by atoms with Gasteiger partial charge in [-0.25, -0.2) is 13.8 Å². The molecule has 0 saturated carbocycles. The molecule has 0 bridgehead atoms. The molecule has 0 radical (unpaired) electrons. The van der Waals surface area contributed by atoms with Crippen molar-refractivity contribution in [1.82, 2.24) is 9.55 Å². The summed E-state index contributed by atoms with van der Waals surface area (Å²) in [5.74, 6) is -0.547. The van der Waals surface area contributed by atoms with E-state index in [1.807, 2.05) is 29.0 Å². The molecule has 0 amide bonds. The summed E-state index contributed by atoms with van der Waals surface area (Å²) in [6.45, 7) is 2.00. The molecule has 21 heavy (non-hydrogen) atoms. The lowest BCUT2D eigenvalue weighted by molar-refractivity contribution is 0.545. The number of aromatic nitrogens is 2. The third kappa shape index (κ3) is 2.68. The molecule has 1 aromatic carbocycles. The molecule has 110 valence electrons. The molecule has 3 aromatic rings. The highest BCUT2D eigenvalue weighted by atomic mass is 35.5. The quantitative estimate of drug-likeness (QED) is 0.622. The molecular formula is C15H13ClF2N2S. The molecule has 0 fully saturated rings. The van der Waals surface area contributed by atoms with Crippen molar-refractivity contribution in [2.45, 2.75) is 25.3 Å². The zero-order chi connectivity index (χ0) is 15.0. The molecular weight excluding hydrogens is 314 g/mol. The Kier molecular flexibility index (Phi) is 3.95. The van der Waals surface area contributed by atoms with Gasteiger partial charge in [0.15, 0.2) is 5.82 Å². The number of hydrogen-bond acceptors (Lipinski definition) is 2. The van der Waals surface area contributed by atoms with Crippen LogP contribution >= 0.6 is 22.9 Å². The summed E-state index contributed by atoms with van der Waals surface area (Å²) in [6, 6.07) is 6.21. The van der Waals surface area contributed by atoms with Crippen molar-refractivity contribution in [1.29, 1.82) is 0 Å². The molecule has 6 heteroatoms. The van der Waals surface area contributed by atoms with E-state index in [-0.39, 0.29) is 17.4 Å². The van der Waals surface area contributed by atoms with E-state index in [1.165, 1.54) is 10.9 Å². The van der Waals surface area contributed by atoms with Gasteiger partial charge in [0.1, 0.15) is 17.2 Å². The maximum Gasteiger partial charge on any atom is 0.153 e. The summed E-state index contributed by atoms with van der Waals surface area (Å²) in [5.41, 5.74) is 0.622. The van der Waals surface area contributed by atoms with Crippen LogP contribution in [0.25, 0.3) is 11.0 Å². The average molecular weight is 327 g/mol. The van der Waals surface area contributed by atoms with Crippen LogP contribution in [0.4, 0.5) is 8.78 Å². The number of thiophene rings is 1. The van der Waals surface area contributed by atoms with Gasteiger partial charge in [-0.05, 0) is 24.4 Å². The Bertz CT molecular complexity index is 768. The summed E-state index contributed by atoms with van der Waals surface area (Å²) in [5, 5.41) is 2.01.